The number of methoxy groups -OCH3 is 1. The number of fused-ring (bicyclic) bond motifs is 1. The molecule has 1 aromatic carbocycles. The molecule has 0 saturated heterocycles. The smallest absolute Gasteiger partial charge is 0.327 e. The van der Waals surface area contributed by atoms with Crippen molar-refractivity contribution in [3.8, 4) is 0 Å². The largest absolute Gasteiger partial charge is 0.468 e. The highest BCUT2D eigenvalue weighted by Gasteiger charge is 2.19. The topological polar surface area (TPSA) is 67.0 Å². The van der Waals surface area contributed by atoms with E-state index in [9.17, 15) is 4.79 Å². The fourth-order valence-electron chi connectivity index (χ4n) is 1.87. The van der Waals surface area contributed by atoms with E-state index < -0.39 is 6.04 Å². The van der Waals surface area contributed by atoms with Crippen LogP contribution in [0.3, 0.4) is 0 Å². The van der Waals surface area contributed by atoms with E-state index in [0.29, 0.717) is 0 Å². The lowest BCUT2D eigenvalue weighted by Crippen LogP contribution is -2.26. The second-order valence-electron chi connectivity index (χ2n) is 3.84. The monoisotopic (exact) mass is 233 g/mol. The van der Waals surface area contributed by atoms with Crippen LogP contribution in [0.5, 0.6) is 0 Å². The van der Waals surface area contributed by atoms with Crippen LogP contribution in [0.2, 0.25) is 0 Å². The van der Waals surface area contributed by atoms with Crippen molar-refractivity contribution in [3.05, 3.63) is 29.6 Å². The number of carbonyl (C=O) groups excluding carboxylic acids is 1. The maximum atomic E-state index is 11.6. The van der Waals surface area contributed by atoms with E-state index in [1.54, 1.807) is 7.05 Å². The number of aryl methyl sites for hydroxylation is 1. The van der Waals surface area contributed by atoms with Gasteiger partial charge in [-0.25, -0.2) is 9.78 Å². The summed E-state index contributed by atoms with van der Waals surface area (Å²) in [6, 6.07) is 5.23. The molecule has 5 nitrogen and oxygen atoms in total. The zero-order valence-corrected chi connectivity index (χ0v) is 10.1. The van der Waals surface area contributed by atoms with E-state index in [2.05, 4.69) is 15.3 Å². The molecule has 2 N–H and O–H groups in total. The molecule has 0 aliphatic heterocycles. The van der Waals surface area contributed by atoms with E-state index in [1.165, 1.54) is 7.11 Å². The first-order chi connectivity index (χ1) is 8.15. The van der Waals surface area contributed by atoms with Crippen molar-refractivity contribution in [1.82, 2.24) is 15.3 Å². The third kappa shape index (κ3) is 2.14. The molecule has 1 unspecified atom stereocenters. The highest BCUT2D eigenvalue weighted by Crippen LogP contribution is 2.19. The number of aromatic amines is 1. The van der Waals surface area contributed by atoms with Gasteiger partial charge >= 0.3 is 5.97 Å². The van der Waals surface area contributed by atoms with Crippen LogP contribution < -0.4 is 5.32 Å². The predicted molar refractivity (Wildman–Crippen MR) is 64.6 cm³/mol. The number of likely N-dealkylation sites (N-methyl/N-ethyl adjacent to an activating group) is 1. The summed E-state index contributed by atoms with van der Waals surface area (Å²) < 4.78 is 4.75. The van der Waals surface area contributed by atoms with Crippen LogP contribution >= 0.6 is 0 Å². The second kappa shape index (κ2) is 4.55. The lowest BCUT2D eigenvalue weighted by molar-refractivity contribution is -0.143. The number of aromatic nitrogens is 2. The van der Waals surface area contributed by atoms with E-state index in [4.69, 9.17) is 4.74 Å². The van der Waals surface area contributed by atoms with Crippen molar-refractivity contribution < 1.29 is 9.53 Å². The van der Waals surface area contributed by atoms with Crippen LogP contribution in [0.15, 0.2) is 18.2 Å². The van der Waals surface area contributed by atoms with Gasteiger partial charge in [0.05, 0.1) is 18.1 Å². The number of ether oxygens (including phenoxy) is 1. The molecule has 0 saturated carbocycles. The van der Waals surface area contributed by atoms with Gasteiger partial charge in [-0.1, -0.05) is 6.07 Å². The zero-order chi connectivity index (χ0) is 12.4. The Balaban J connectivity index is 2.43. The van der Waals surface area contributed by atoms with E-state index in [-0.39, 0.29) is 5.97 Å². The average molecular weight is 233 g/mol. The molecule has 1 atom stereocenters. The van der Waals surface area contributed by atoms with Crippen molar-refractivity contribution in [1.29, 1.82) is 0 Å². The summed E-state index contributed by atoms with van der Waals surface area (Å²) in [4.78, 5) is 19.0. The zero-order valence-electron chi connectivity index (χ0n) is 10.1. The molecule has 0 fully saturated rings. The lowest BCUT2D eigenvalue weighted by atomic mass is 10.1. The Kier molecular flexibility index (Phi) is 3.10. The maximum Gasteiger partial charge on any atom is 0.327 e. The maximum absolute atomic E-state index is 11.6. The van der Waals surface area contributed by atoms with Crippen molar-refractivity contribution in [3.63, 3.8) is 0 Å². The number of hydrogen-bond acceptors (Lipinski definition) is 4. The van der Waals surface area contributed by atoms with Crippen LogP contribution in [0.4, 0.5) is 0 Å². The number of benzene rings is 1. The van der Waals surface area contributed by atoms with Crippen molar-refractivity contribution in [2.24, 2.45) is 0 Å². The molecular formula is C12H15N3O2. The minimum absolute atomic E-state index is 0.303. The van der Waals surface area contributed by atoms with Crippen molar-refractivity contribution in [2.45, 2.75) is 13.0 Å². The molecule has 0 bridgehead atoms. The van der Waals surface area contributed by atoms with Gasteiger partial charge in [-0.2, -0.15) is 0 Å². The number of carbonyl (C=O) groups is 1. The Hall–Kier alpha value is -1.88. The van der Waals surface area contributed by atoms with Gasteiger partial charge in [-0.05, 0) is 31.7 Å². The number of esters is 1. The molecule has 1 aromatic heterocycles. The molecule has 2 aromatic rings. The van der Waals surface area contributed by atoms with Crippen LogP contribution in [-0.2, 0) is 9.53 Å². The fourth-order valence-corrected chi connectivity index (χ4v) is 1.87. The summed E-state index contributed by atoms with van der Waals surface area (Å²) in [6.07, 6.45) is 0. The average Bonchev–Trinajstić information content (AvgIpc) is 2.69. The summed E-state index contributed by atoms with van der Waals surface area (Å²) in [5.41, 5.74) is 2.67. The molecule has 1 heterocycles. The molecular weight excluding hydrogens is 218 g/mol. The van der Waals surface area contributed by atoms with Crippen LogP contribution in [0, 0.1) is 6.92 Å². The van der Waals surface area contributed by atoms with Gasteiger partial charge in [0.1, 0.15) is 11.9 Å². The summed E-state index contributed by atoms with van der Waals surface area (Å²) in [5, 5.41) is 2.93. The van der Waals surface area contributed by atoms with Gasteiger partial charge in [0.25, 0.3) is 0 Å². The van der Waals surface area contributed by atoms with Gasteiger partial charge in [-0.15, -0.1) is 0 Å². The number of imidazole rings is 1. The third-order valence-electron chi connectivity index (χ3n) is 2.68. The molecule has 90 valence electrons. The van der Waals surface area contributed by atoms with Gasteiger partial charge in [0.15, 0.2) is 0 Å². The van der Waals surface area contributed by atoms with Crippen molar-refractivity contribution >= 4 is 17.0 Å². The molecule has 0 aliphatic carbocycles. The molecule has 0 amide bonds. The standard InChI is InChI=1S/C12H15N3O2/c1-7-14-9-5-4-8(6-10(9)15-7)11(13-2)12(16)17-3/h4-6,11,13H,1-3H3,(H,14,15). The van der Waals surface area contributed by atoms with Crippen LogP contribution in [0.1, 0.15) is 17.4 Å². The second-order valence-corrected chi connectivity index (χ2v) is 3.84. The van der Waals surface area contributed by atoms with Gasteiger partial charge < -0.3 is 15.0 Å². The fraction of sp³-hybridized carbons (Fsp3) is 0.333. The van der Waals surface area contributed by atoms with Crippen molar-refractivity contribution in [2.75, 3.05) is 14.2 Å². The summed E-state index contributed by atoms with van der Waals surface area (Å²) in [6.45, 7) is 1.90. The number of rotatable bonds is 3. The normalized spacial score (nSPS) is 12.6. The van der Waals surface area contributed by atoms with Gasteiger partial charge in [-0.3, -0.25) is 0 Å². The minimum Gasteiger partial charge on any atom is -0.468 e. The SMILES string of the molecule is CNC(C(=O)OC)c1ccc2nc(C)[nH]c2c1. The Morgan fingerprint density at radius 2 is 2.29 bits per heavy atom. The van der Waals surface area contributed by atoms with Crippen LogP contribution in [0.25, 0.3) is 11.0 Å². The molecule has 0 aliphatic rings. The summed E-state index contributed by atoms with van der Waals surface area (Å²) in [7, 11) is 3.11. The van der Waals surface area contributed by atoms with Crippen LogP contribution in [-0.4, -0.2) is 30.1 Å². The Morgan fingerprint density at radius 1 is 1.53 bits per heavy atom. The molecule has 17 heavy (non-hydrogen) atoms. The number of nitrogens with one attached hydrogen (secondary N) is 2. The van der Waals surface area contributed by atoms with Gasteiger partial charge in [0, 0.05) is 0 Å². The first-order valence-corrected chi connectivity index (χ1v) is 5.37. The minimum atomic E-state index is -0.451. The third-order valence-corrected chi connectivity index (χ3v) is 2.68. The molecule has 5 heteroatoms. The molecule has 2 rings (SSSR count). The number of nitrogens with zero attached hydrogens (tertiary/aromatic N) is 1. The van der Waals surface area contributed by atoms with Gasteiger partial charge in [0.2, 0.25) is 0 Å². The lowest BCUT2D eigenvalue weighted by Gasteiger charge is -2.13. The highest BCUT2D eigenvalue weighted by molar-refractivity contribution is 5.81. The highest BCUT2D eigenvalue weighted by atomic mass is 16.5. The number of H-pyrrole nitrogens is 1. The summed E-state index contributed by atoms with van der Waals surface area (Å²) in [5.74, 6) is 0.555. The Labute approximate surface area is 99.2 Å². The van der Waals surface area contributed by atoms with E-state index in [1.807, 2.05) is 25.1 Å². The molecule has 0 spiro atoms. The summed E-state index contributed by atoms with van der Waals surface area (Å²) >= 11 is 0. The predicted octanol–water partition coefficient (Wildman–Crippen LogP) is 1.30. The Morgan fingerprint density at radius 3 is 2.94 bits per heavy atom. The van der Waals surface area contributed by atoms with E-state index >= 15 is 0 Å². The quantitative estimate of drug-likeness (QED) is 0.784. The first kappa shape index (κ1) is 11.6. The number of hydrogen-bond donors (Lipinski definition) is 2. The van der Waals surface area contributed by atoms with E-state index in [0.717, 1.165) is 22.4 Å². The Bertz CT molecular complexity index is 548. The first-order valence-electron chi connectivity index (χ1n) is 5.37. The molecule has 0 radical (unpaired) electrons.